The van der Waals surface area contributed by atoms with Crippen molar-refractivity contribution < 1.29 is 19.2 Å². The molecule has 28 heavy (non-hydrogen) atoms. The van der Waals surface area contributed by atoms with Crippen molar-refractivity contribution >= 4 is 50.7 Å². The highest BCUT2D eigenvalue weighted by Gasteiger charge is 2.17. The summed E-state index contributed by atoms with van der Waals surface area (Å²) in [5.74, 6) is -1.24. The van der Waals surface area contributed by atoms with E-state index in [0.29, 0.717) is 0 Å². The molecule has 144 valence electrons. The predicted octanol–water partition coefficient (Wildman–Crippen LogP) is 3.49. The molecule has 0 aliphatic heterocycles. The fourth-order valence-corrected chi connectivity index (χ4v) is 3.87. The van der Waals surface area contributed by atoms with E-state index < -0.39 is 16.8 Å². The Morgan fingerprint density at radius 2 is 2.04 bits per heavy atom. The van der Waals surface area contributed by atoms with Crippen LogP contribution in [0.3, 0.4) is 0 Å². The second-order valence-corrected chi connectivity index (χ2v) is 7.27. The Kier molecular flexibility index (Phi) is 5.57. The topological polar surface area (TPSA) is 104 Å². The number of esters is 1. The number of non-ortho nitro benzene ring substituents is 1. The van der Waals surface area contributed by atoms with Gasteiger partial charge in [-0.25, -0.2) is 0 Å². The number of aromatic nitrogens is 1. The summed E-state index contributed by atoms with van der Waals surface area (Å²) in [5, 5.41) is 11.0. The van der Waals surface area contributed by atoms with Gasteiger partial charge in [-0.1, -0.05) is 29.0 Å². The Balaban J connectivity index is 2.17. The third kappa shape index (κ3) is 3.95. The first-order valence-electron chi connectivity index (χ1n) is 8.00. The second-order valence-electron chi connectivity index (χ2n) is 5.86. The van der Waals surface area contributed by atoms with Crippen LogP contribution in [0.1, 0.15) is 15.9 Å². The summed E-state index contributed by atoms with van der Waals surface area (Å²) >= 11 is 7.25. The van der Waals surface area contributed by atoms with Gasteiger partial charge in [0, 0.05) is 12.1 Å². The summed E-state index contributed by atoms with van der Waals surface area (Å²) in [6, 6.07) is 9.19. The van der Waals surface area contributed by atoms with Crippen molar-refractivity contribution in [2.75, 3.05) is 7.11 Å². The van der Waals surface area contributed by atoms with Gasteiger partial charge < -0.3 is 9.30 Å². The maximum Gasteiger partial charge on any atom is 0.325 e. The first-order chi connectivity index (χ1) is 13.3. The molecule has 3 rings (SSSR count). The molecule has 0 saturated carbocycles. The van der Waals surface area contributed by atoms with E-state index in [1.807, 2.05) is 25.1 Å². The average Bonchev–Trinajstić information content (AvgIpc) is 2.97. The number of hydrogen-bond donors (Lipinski definition) is 0. The number of benzene rings is 2. The van der Waals surface area contributed by atoms with E-state index in [0.717, 1.165) is 21.8 Å². The van der Waals surface area contributed by atoms with Crippen molar-refractivity contribution in [3.63, 3.8) is 0 Å². The standard InChI is InChI=1S/C18H14ClN3O5S/c1-10-3-6-14-15(7-10)28-18(21(14)9-16(23)27-2)20-17(24)12-8-11(22(25)26)4-5-13(12)19/h3-8H,9H2,1-2H3. The van der Waals surface area contributed by atoms with Gasteiger partial charge in [0.05, 0.1) is 32.8 Å². The van der Waals surface area contributed by atoms with Crippen molar-refractivity contribution in [1.82, 2.24) is 4.57 Å². The van der Waals surface area contributed by atoms with Crippen LogP contribution in [0.5, 0.6) is 0 Å². The van der Waals surface area contributed by atoms with Crippen LogP contribution in [0, 0.1) is 17.0 Å². The summed E-state index contributed by atoms with van der Waals surface area (Å²) < 4.78 is 7.12. The number of nitrogens with zero attached hydrogens (tertiary/aromatic N) is 3. The monoisotopic (exact) mass is 419 g/mol. The highest BCUT2D eigenvalue weighted by Crippen LogP contribution is 2.23. The number of ether oxygens (including phenoxy) is 1. The minimum Gasteiger partial charge on any atom is -0.468 e. The van der Waals surface area contributed by atoms with Crippen LogP contribution in [0.2, 0.25) is 5.02 Å². The summed E-state index contributed by atoms with van der Waals surface area (Å²) in [6.07, 6.45) is 0. The van der Waals surface area contributed by atoms with E-state index in [1.165, 1.54) is 30.6 Å². The minimum atomic E-state index is -0.740. The van der Waals surface area contributed by atoms with Crippen molar-refractivity contribution in [1.29, 1.82) is 0 Å². The van der Waals surface area contributed by atoms with Gasteiger partial charge in [-0.15, -0.1) is 0 Å². The van der Waals surface area contributed by atoms with E-state index >= 15 is 0 Å². The zero-order chi connectivity index (χ0) is 20.4. The number of nitro benzene ring substituents is 1. The van der Waals surface area contributed by atoms with E-state index in [9.17, 15) is 19.7 Å². The number of aryl methyl sites for hydroxylation is 1. The molecule has 0 bridgehead atoms. The highest BCUT2D eigenvalue weighted by atomic mass is 35.5. The summed E-state index contributed by atoms with van der Waals surface area (Å²) in [7, 11) is 1.27. The first kappa shape index (κ1) is 19.7. The van der Waals surface area contributed by atoms with Crippen LogP contribution >= 0.6 is 22.9 Å². The molecule has 1 aromatic heterocycles. The van der Waals surface area contributed by atoms with Gasteiger partial charge in [0.2, 0.25) is 0 Å². The quantitative estimate of drug-likeness (QED) is 0.366. The maximum absolute atomic E-state index is 12.7. The maximum atomic E-state index is 12.7. The largest absolute Gasteiger partial charge is 0.468 e. The number of carbonyl (C=O) groups is 2. The molecule has 0 saturated heterocycles. The number of nitro groups is 1. The molecule has 8 nitrogen and oxygen atoms in total. The van der Waals surface area contributed by atoms with Gasteiger partial charge in [0.1, 0.15) is 6.54 Å². The number of thiazole rings is 1. The van der Waals surface area contributed by atoms with Crippen LogP contribution in [-0.2, 0) is 16.1 Å². The number of amides is 1. The second kappa shape index (κ2) is 7.91. The Labute approximate surface area is 167 Å². The lowest BCUT2D eigenvalue weighted by Crippen LogP contribution is -2.22. The Morgan fingerprint density at radius 1 is 1.29 bits per heavy atom. The SMILES string of the molecule is COC(=O)Cn1c(=NC(=O)c2cc([N+](=O)[O-])ccc2Cl)sc2cc(C)ccc21. The number of fused-ring (bicyclic) bond motifs is 1. The van der Waals surface area contributed by atoms with Crippen molar-refractivity contribution in [2.45, 2.75) is 13.5 Å². The number of rotatable bonds is 4. The van der Waals surface area contributed by atoms with Crippen molar-refractivity contribution in [3.8, 4) is 0 Å². The molecular formula is C18H14ClN3O5S. The van der Waals surface area contributed by atoms with Crippen molar-refractivity contribution in [3.05, 3.63) is 67.5 Å². The molecule has 0 N–H and O–H groups in total. The van der Waals surface area contributed by atoms with Gasteiger partial charge in [-0.2, -0.15) is 4.99 Å². The van der Waals surface area contributed by atoms with Crippen LogP contribution in [-0.4, -0.2) is 28.5 Å². The van der Waals surface area contributed by atoms with Crippen LogP contribution in [0.15, 0.2) is 41.4 Å². The lowest BCUT2D eigenvalue weighted by Gasteiger charge is -2.04. The smallest absolute Gasteiger partial charge is 0.325 e. The molecule has 0 fully saturated rings. The predicted molar refractivity (Wildman–Crippen MR) is 105 cm³/mol. The summed E-state index contributed by atoms with van der Waals surface area (Å²) in [4.78, 5) is 39.2. The molecule has 0 unspecified atom stereocenters. The van der Waals surface area contributed by atoms with E-state index in [1.54, 1.807) is 4.57 Å². The van der Waals surface area contributed by atoms with Gasteiger partial charge in [0.25, 0.3) is 11.6 Å². The number of carbonyl (C=O) groups excluding carboxylic acids is 2. The van der Waals surface area contributed by atoms with Crippen LogP contribution in [0.4, 0.5) is 5.69 Å². The lowest BCUT2D eigenvalue weighted by molar-refractivity contribution is -0.384. The molecule has 0 atom stereocenters. The van der Waals surface area contributed by atoms with E-state index in [-0.39, 0.29) is 27.6 Å². The molecular weight excluding hydrogens is 406 g/mol. The molecule has 1 heterocycles. The zero-order valence-electron chi connectivity index (χ0n) is 14.8. The van der Waals surface area contributed by atoms with Gasteiger partial charge in [0.15, 0.2) is 4.80 Å². The van der Waals surface area contributed by atoms with E-state index in [2.05, 4.69) is 4.99 Å². The zero-order valence-corrected chi connectivity index (χ0v) is 16.4. The van der Waals surface area contributed by atoms with Gasteiger partial charge >= 0.3 is 5.97 Å². The molecule has 3 aromatic rings. The van der Waals surface area contributed by atoms with Crippen LogP contribution in [0.25, 0.3) is 10.2 Å². The van der Waals surface area contributed by atoms with Crippen molar-refractivity contribution in [2.24, 2.45) is 4.99 Å². The van der Waals surface area contributed by atoms with Crippen LogP contribution < -0.4 is 4.80 Å². The third-order valence-corrected chi connectivity index (χ3v) is 5.31. The molecule has 2 aromatic carbocycles. The lowest BCUT2D eigenvalue weighted by atomic mass is 10.2. The number of methoxy groups -OCH3 is 1. The third-order valence-electron chi connectivity index (χ3n) is 3.94. The molecule has 10 heteroatoms. The molecule has 0 radical (unpaired) electrons. The fraction of sp³-hybridized carbons (Fsp3) is 0.167. The molecule has 0 aliphatic rings. The minimum absolute atomic E-state index is 0.0517. The Morgan fingerprint density at radius 3 is 2.71 bits per heavy atom. The normalized spacial score (nSPS) is 11.6. The fourth-order valence-electron chi connectivity index (χ4n) is 2.55. The Bertz CT molecular complexity index is 1180. The first-order valence-corrected chi connectivity index (χ1v) is 9.19. The van der Waals surface area contributed by atoms with Gasteiger partial charge in [-0.3, -0.25) is 19.7 Å². The highest BCUT2D eigenvalue weighted by molar-refractivity contribution is 7.16. The molecule has 0 aliphatic carbocycles. The van der Waals surface area contributed by atoms with E-state index in [4.69, 9.17) is 16.3 Å². The van der Waals surface area contributed by atoms with Gasteiger partial charge in [-0.05, 0) is 30.7 Å². The number of hydrogen-bond acceptors (Lipinski definition) is 6. The Hall–Kier alpha value is -3.04. The summed E-state index contributed by atoms with van der Waals surface area (Å²) in [6.45, 7) is 1.79. The average molecular weight is 420 g/mol. The molecule has 1 amide bonds. The molecule has 0 spiro atoms. The summed E-state index contributed by atoms with van der Waals surface area (Å²) in [5.41, 5.74) is 1.38. The number of halogens is 1.